The van der Waals surface area contributed by atoms with E-state index in [0.29, 0.717) is 12.2 Å². The topological polar surface area (TPSA) is 108 Å². The van der Waals surface area contributed by atoms with E-state index in [4.69, 9.17) is 14.2 Å². The van der Waals surface area contributed by atoms with Crippen LogP contribution in [-0.2, 0) is 30.7 Å². The Balaban J connectivity index is 2.14. The molecular weight excluding hydrogens is 422 g/mol. The number of esters is 1. The molecule has 8 nitrogen and oxygen atoms in total. The monoisotopic (exact) mass is 449 g/mol. The van der Waals surface area contributed by atoms with E-state index in [9.17, 15) is 18.0 Å². The third-order valence-corrected chi connectivity index (χ3v) is 6.33. The molecular formula is C22H27NO7S. The molecule has 0 aromatic heterocycles. The van der Waals surface area contributed by atoms with E-state index in [1.807, 2.05) is 13.0 Å². The number of amides is 1. The molecule has 2 aromatic rings. The maximum absolute atomic E-state index is 13.1. The summed E-state index contributed by atoms with van der Waals surface area (Å²) in [6, 6.07) is 14.7. The van der Waals surface area contributed by atoms with Gasteiger partial charge in [0, 0.05) is 0 Å². The molecule has 1 unspecified atom stereocenters. The second-order valence-electron chi connectivity index (χ2n) is 6.69. The van der Waals surface area contributed by atoms with Crippen LogP contribution in [0.4, 0.5) is 4.79 Å². The number of methoxy groups -OCH3 is 1. The summed E-state index contributed by atoms with van der Waals surface area (Å²) >= 11 is 0. The lowest BCUT2D eigenvalue weighted by Crippen LogP contribution is -2.42. The Hall–Kier alpha value is -3.07. The average Bonchev–Trinajstić information content (AvgIpc) is 2.78. The number of carbonyl (C=O) groups is 2. The highest BCUT2D eigenvalue weighted by molar-refractivity contribution is 7.92. The molecule has 31 heavy (non-hydrogen) atoms. The largest absolute Gasteiger partial charge is 0.497 e. The minimum atomic E-state index is -4.10. The quantitative estimate of drug-likeness (QED) is 0.413. The van der Waals surface area contributed by atoms with Crippen LogP contribution < -0.4 is 10.1 Å². The van der Waals surface area contributed by atoms with Crippen LogP contribution in [0.1, 0.15) is 31.7 Å². The standard InChI is InChI=1S/C22H27NO7S/c1-3-4-14-29-22(25)23-20(15-21(24)30-16-17-8-6-5-7-9-17)31(26,27)19-12-10-18(28-2)11-13-19/h5-13,20H,3-4,14-16H2,1-2H3,(H,23,25). The molecule has 0 saturated heterocycles. The first-order valence-corrected chi connectivity index (χ1v) is 11.4. The van der Waals surface area contributed by atoms with Crippen LogP contribution in [-0.4, -0.2) is 39.6 Å². The molecule has 0 saturated carbocycles. The fraction of sp³-hybridized carbons (Fsp3) is 0.364. The number of alkyl carbamates (subject to hydrolysis) is 1. The van der Waals surface area contributed by atoms with Crippen LogP contribution in [0.3, 0.4) is 0 Å². The lowest BCUT2D eigenvalue weighted by molar-refractivity contribution is -0.145. The van der Waals surface area contributed by atoms with Gasteiger partial charge < -0.3 is 19.5 Å². The summed E-state index contributed by atoms with van der Waals surface area (Å²) in [5, 5.41) is 0.748. The minimum Gasteiger partial charge on any atom is -0.497 e. The average molecular weight is 450 g/mol. The number of hydrogen-bond donors (Lipinski definition) is 1. The van der Waals surface area contributed by atoms with Crippen molar-refractivity contribution < 1.29 is 32.2 Å². The molecule has 1 N–H and O–H groups in total. The molecule has 0 aliphatic carbocycles. The first-order chi connectivity index (χ1) is 14.9. The molecule has 0 aliphatic heterocycles. The van der Waals surface area contributed by atoms with Gasteiger partial charge in [0.2, 0.25) is 0 Å². The van der Waals surface area contributed by atoms with Crippen LogP contribution in [0.15, 0.2) is 59.5 Å². The molecule has 168 valence electrons. The van der Waals surface area contributed by atoms with Crippen molar-refractivity contribution in [1.29, 1.82) is 0 Å². The third kappa shape index (κ3) is 7.60. The third-order valence-electron chi connectivity index (χ3n) is 4.37. The van der Waals surface area contributed by atoms with Crippen molar-refractivity contribution in [3.05, 3.63) is 60.2 Å². The normalized spacial score (nSPS) is 11.9. The van der Waals surface area contributed by atoms with Gasteiger partial charge in [0.1, 0.15) is 17.7 Å². The Bertz CT molecular complexity index is 944. The van der Waals surface area contributed by atoms with Crippen LogP contribution >= 0.6 is 0 Å². The van der Waals surface area contributed by atoms with Gasteiger partial charge in [-0.1, -0.05) is 43.7 Å². The van der Waals surface area contributed by atoms with Gasteiger partial charge in [0.25, 0.3) is 0 Å². The van der Waals surface area contributed by atoms with Crippen LogP contribution in [0.25, 0.3) is 0 Å². The van der Waals surface area contributed by atoms with Crippen molar-refractivity contribution in [2.75, 3.05) is 13.7 Å². The molecule has 0 spiro atoms. The summed E-state index contributed by atoms with van der Waals surface area (Å²) in [5.74, 6) is -0.287. The van der Waals surface area contributed by atoms with E-state index in [1.165, 1.54) is 31.4 Å². The van der Waals surface area contributed by atoms with Gasteiger partial charge in [-0.15, -0.1) is 0 Å². The first-order valence-electron chi connectivity index (χ1n) is 9.87. The number of ether oxygens (including phenoxy) is 3. The number of unbranched alkanes of at least 4 members (excludes halogenated alkanes) is 1. The minimum absolute atomic E-state index is 0.00404. The maximum Gasteiger partial charge on any atom is 0.408 e. The highest BCUT2D eigenvalue weighted by Crippen LogP contribution is 2.21. The summed E-state index contributed by atoms with van der Waals surface area (Å²) in [6.45, 7) is 2.08. The van der Waals surface area contributed by atoms with Gasteiger partial charge in [-0.3, -0.25) is 4.79 Å². The van der Waals surface area contributed by atoms with E-state index >= 15 is 0 Å². The summed E-state index contributed by atoms with van der Waals surface area (Å²) < 4.78 is 41.4. The molecule has 9 heteroatoms. The second-order valence-corrected chi connectivity index (χ2v) is 8.82. The van der Waals surface area contributed by atoms with Gasteiger partial charge in [-0.25, -0.2) is 13.2 Å². The van der Waals surface area contributed by atoms with E-state index in [1.54, 1.807) is 24.3 Å². The van der Waals surface area contributed by atoms with Crippen molar-refractivity contribution in [2.45, 2.75) is 43.1 Å². The highest BCUT2D eigenvalue weighted by Gasteiger charge is 2.32. The zero-order valence-corrected chi connectivity index (χ0v) is 18.4. The number of rotatable bonds is 11. The van der Waals surface area contributed by atoms with Crippen LogP contribution in [0.5, 0.6) is 5.75 Å². The number of benzene rings is 2. The van der Waals surface area contributed by atoms with Crippen LogP contribution in [0, 0.1) is 0 Å². The van der Waals surface area contributed by atoms with Gasteiger partial charge in [-0.2, -0.15) is 0 Å². The Morgan fingerprint density at radius 1 is 1.00 bits per heavy atom. The molecule has 1 atom stereocenters. The first kappa shape index (κ1) is 24.2. The maximum atomic E-state index is 13.1. The number of hydrogen-bond acceptors (Lipinski definition) is 7. The molecule has 0 fully saturated rings. The highest BCUT2D eigenvalue weighted by atomic mass is 32.2. The van der Waals surface area contributed by atoms with Gasteiger partial charge >= 0.3 is 12.1 Å². The van der Waals surface area contributed by atoms with Gasteiger partial charge in [0.15, 0.2) is 9.84 Å². The molecule has 1 amide bonds. The SMILES string of the molecule is CCCCOC(=O)NC(CC(=O)OCc1ccccc1)S(=O)(=O)c1ccc(OC)cc1. The number of nitrogens with one attached hydrogen (secondary N) is 1. The number of carbonyl (C=O) groups excluding carboxylic acids is 2. The van der Waals surface area contributed by atoms with Gasteiger partial charge in [-0.05, 0) is 36.2 Å². The Morgan fingerprint density at radius 2 is 1.68 bits per heavy atom. The van der Waals surface area contributed by atoms with E-state index < -0.39 is 33.7 Å². The fourth-order valence-corrected chi connectivity index (χ4v) is 4.05. The summed E-state index contributed by atoms with van der Waals surface area (Å²) in [5.41, 5.74) is 0.761. The lowest BCUT2D eigenvalue weighted by atomic mass is 10.2. The Morgan fingerprint density at radius 3 is 2.29 bits per heavy atom. The molecule has 0 heterocycles. The van der Waals surface area contributed by atoms with Crippen LogP contribution in [0.2, 0.25) is 0 Å². The second kappa shape index (κ2) is 11.9. The summed E-state index contributed by atoms with van der Waals surface area (Å²) in [4.78, 5) is 24.4. The van der Waals surface area contributed by atoms with E-state index in [0.717, 1.165) is 12.0 Å². The van der Waals surface area contributed by atoms with Gasteiger partial charge in [0.05, 0.1) is 25.0 Å². The predicted octanol–water partition coefficient (Wildman–Crippen LogP) is 3.45. The van der Waals surface area contributed by atoms with Crippen molar-refractivity contribution in [1.82, 2.24) is 5.32 Å². The fourth-order valence-electron chi connectivity index (χ4n) is 2.60. The molecule has 2 rings (SSSR count). The van der Waals surface area contributed by atoms with Crippen molar-refractivity contribution in [3.8, 4) is 5.75 Å². The molecule has 0 aliphatic rings. The zero-order valence-electron chi connectivity index (χ0n) is 17.6. The Labute approximate surface area is 182 Å². The Kier molecular flexibility index (Phi) is 9.33. The van der Waals surface area contributed by atoms with Crippen molar-refractivity contribution in [3.63, 3.8) is 0 Å². The number of sulfone groups is 1. The van der Waals surface area contributed by atoms with Crippen molar-refractivity contribution >= 4 is 21.9 Å². The molecule has 2 aromatic carbocycles. The van der Waals surface area contributed by atoms with E-state index in [-0.39, 0.29) is 18.1 Å². The summed E-state index contributed by atoms with van der Waals surface area (Å²) in [6.07, 6.45) is -0.0227. The zero-order chi connectivity index (χ0) is 22.7. The van der Waals surface area contributed by atoms with Crippen molar-refractivity contribution in [2.24, 2.45) is 0 Å². The molecule has 0 bridgehead atoms. The summed E-state index contributed by atoms with van der Waals surface area (Å²) in [7, 11) is -2.64. The smallest absolute Gasteiger partial charge is 0.408 e. The molecule has 0 radical (unpaired) electrons. The predicted molar refractivity (Wildman–Crippen MR) is 114 cm³/mol. The lowest BCUT2D eigenvalue weighted by Gasteiger charge is -2.19. The van der Waals surface area contributed by atoms with E-state index in [2.05, 4.69) is 5.32 Å².